The fourth-order valence-corrected chi connectivity index (χ4v) is 2.14. The molecule has 0 aliphatic carbocycles. The molecule has 0 saturated carbocycles. The molecule has 1 aliphatic rings. The minimum atomic E-state index is 0.600. The van der Waals surface area contributed by atoms with Gasteiger partial charge in [-0.25, -0.2) is 0 Å². The lowest BCUT2D eigenvalue weighted by Gasteiger charge is -2.23. The first kappa shape index (κ1) is 11.9. The second-order valence-electron chi connectivity index (χ2n) is 4.42. The van der Waals surface area contributed by atoms with Crippen molar-refractivity contribution in [1.29, 1.82) is 5.26 Å². The van der Waals surface area contributed by atoms with Gasteiger partial charge in [0.25, 0.3) is 0 Å². The van der Waals surface area contributed by atoms with E-state index in [0.717, 1.165) is 18.7 Å². The Labute approximate surface area is 102 Å². The lowest BCUT2D eigenvalue weighted by molar-refractivity contribution is 0.268. The summed E-state index contributed by atoms with van der Waals surface area (Å²) < 4.78 is 5.66. The average molecular weight is 230 g/mol. The van der Waals surface area contributed by atoms with Crippen LogP contribution >= 0.6 is 0 Å². The van der Waals surface area contributed by atoms with E-state index in [4.69, 9.17) is 10.00 Å². The predicted octanol–water partition coefficient (Wildman–Crippen LogP) is 2.47. The Morgan fingerprint density at radius 3 is 3.12 bits per heavy atom. The maximum atomic E-state index is 8.78. The fraction of sp³-hybridized carbons (Fsp3) is 0.500. The second-order valence-corrected chi connectivity index (χ2v) is 4.42. The Morgan fingerprint density at radius 2 is 2.35 bits per heavy atom. The molecule has 0 unspecified atom stereocenters. The molecular formula is C14H18N2O. The highest BCUT2D eigenvalue weighted by Crippen LogP contribution is 2.14. The molecule has 0 radical (unpaired) electrons. The molecule has 2 rings (SSSR count). The number of rotatable bonds is 4. The molecule has 1 atom stereocenters. The average Bonchev–Trinajstić information content (AvgIpc) is 2.40. The van der Waals surface area contributed by atoms with Crippen molar-refractivity contribution in [1.82, 2.24) is 5.32 Å². The normalized spacial score (nSPS) is 19.6. The summed E-state index contributed by atoms with van der Waals surface area (Å²) in [6.45, 7) is 1.85. The van der Waals surface area contributed by atoms with Crippen molar-refractivity contribution in [3.05, 3.63) is 29.8 Å². The number of nitrogens with zero attached hydrogens (tertiary/aromatic N) is 1. The van der Waals surface area contributed by atoms with Crippen LogP contribution < -0.4 is 10.1 Å². The summed E-state index contributed by atoms with van der Waals surface area (Å²) in [7, 11) is 0. The summed E-state index contributed by atoms with van der Waals surface area (Å²) in [6.07, 6.45) is 4.90. The molecular weight excluding hydrogens is 212 g/mol. The standard InChI is InChI=1S/C14H18N2O/c15-11-12-4-3-6-14(10-12)17-9-7-13-5-1-2-8-16-13/h3-4,6,10,13,16H,1-2,5,7-9H2/t13-/m1/s1. The van der Waals surface area contributed by atoms with Gasteiger partial charge in [0.1, 0.15) is 5.75 Å². The largest absolute Gasteiger partial charge is 0.493 e. The molecule has 0 aromatic heterocycles. The van der Waals surface area contributed by atoms with Crippen LogP contribution in [0.1, 0.15) is 31.2 Å². The van der Waals surface area contributed by atoms with Crippen LogP contribution in [0, 0.1) is 11.3 Å². The van der Waals surface area contributed by atoms with Crippen molar-refractivity contribution in [2.24, 2.45) is 0 Å². The molecule has 0 bridgehead atoms. The van der Waals surface area contributed by atoms with E-state index in [-0.39, 0.29) is 0 Å². The van der Waals surface area contributed by atoms with Crippen LogP contribution in [-0.2, 0) is 0 Å². The van der Waals surface area contributed by atoms with Crippen LogP contribution in [-0.4, -0.2) is 19.2 Å². The monoisotopic (exact) mass is 230 g/mol. The topological polar surface area (TPSA) is 45.0 Å². The summed E-state index contributed by atoms with van der Waals surface area (Å²) in [5.41, 5.74) is 0.651. The molecule has 0 spiro atoms. The highest BCUT2D eigenvalue weighted by Gasteiger charge is 2.11. The minimum Gasteiger partial charge on any atom is -0.493 e. The van der Waals surface area contributed by atoms with Crippen molar-refractivity contribution in [3.63, 3.8) is 0 Å². The molecule has 0 amide bonds. The third-order valence-electron chi connectivity index (χ3n) is 3.11. The summed E-state index contributed by atoms with van der Waals surface area (Å²) in [5.74, 6) is 0.792. The molecule has 1 aliphatic heterocycles. The van der Waals surface area contributed by atoms with Gasteiger partial charge in [-0.15, -0.1) is 0 Å². The van der Waals surface area contributed by atoms with Gasteiger partial charge in [-0.1, -0.05) is 12.5 Å². The van der Waals surface area contributed by atoms with Gasteiger partial charge in [-0.3, -0.25) is 0 Å². The van der Waals surface area contributed by atoms with Gasteiger partial charge in [0.15, 0.2) is 0 Å². The van der Waals surface area contributed by atoms with Crippen LogP contribution in [0.25, 0.3) is 0 Å². The van der Waals surface area contributed by atoms with Crippen LogP contribution in [0.2, 0.25) is 0 Å². The second kappa shape index (κ2) is 6.27. The van der Waals surface area contributed by atoms with Gasteiger partial charge < -0.3 is 10.1 Å². The number of benzene rings is 1. The molecule has 1 N–H and O–H groups in total. The van der Waals surface area contributed by atoms with Gasteiger partial charge in [0.2, 0.25) is 0 Å². The van der Waals surface area contributed by atoms with E-state index in [9.17, 15) is 0 Å². The molecule has 17 heavy (non-hydrogen) atoms. The first-order chi connectivity index (χ1) is 8.38. The Balaban J connectivity index is 1.75. The summed E-state index contributed by atoms with van der Waals surface area (Å²) in [5, 5.41) is 12.3. The number of ether oxygens (including phenoxy) is 1. The van der Waals surface area contributed by atoms with Crippen molar-refractivity contribution in [2.45, 2.75) is 31.7 Å². The molecule has 1 heterocycles. The summed E-state index contributed by atoms with van der Waals surface area (Å²) >= 11 is 0. The highest BCUT2D eigenvalue weighted by atomic mass is 16.5. The quantitative estimate of drug-likeness (QED) is 0.864. The van der Waals surface area contributed by atoms with E-state index in [1.54, 1.807) is 12.1 Å². The maximum Gasteiger partial charge on any atom is 0.120 e. The Kier molecular flexibility index (Phi) is 4.40. The number of nitrogens with one attached hydrogen (secondary N) is 1. The zero-order chi connectivity index (χ0) is 11.9. The summed E-state index contributed by atoms with van der Waals surface area (Å²) in [4.78, 5) is 0. The van der Waals surface area contributed by atoms with E-state index in [1.807, 2.05) is 12.1 Å². The SMILES string of the molecule is N#Cc1cccc(OCC[C@H]2CCCCN2)c1. The number of hydrogen-bond donors (Lipinski definition) is 1. The molecule has 1 fully saturated rings. The Hall–Kier alpha value is -1.53. The van der Waals surface area contributed by atoms with Crippen molar-refractivity contribution in [2.75, 3.05) is 13.2 Å². The lowest BCUT2D eigenvalue weighted by atomic mass is 10.0. The molecule has 1 saturated heterocycles. The van der Waals surface area contributed by atoms with E-state index in [1.165, 1.54) is 19.3 Å². The molecule has 90 valence electrons. The zero-order valence-electron chi connectivity index (χ0n) is 9.98. The van der Waals surface area contributed by atoms with Gasteiger partial charge in [-0.2, -0.15) is 5.26 Å². The number of nitriles is 1. The smallest absolute Gasteiger partial charge is 0.120 e. The van der Waals surface area contributed by atoms with Gasteiger partial charge in [0, 0.05) is 6.04 Å². The van der Waals surface area contributed by atoms with E-state index < -0.39 is 0 Å². The summed E-state index contributed by atoms with van der Waals surface area (Å²) in [6, 6.07) is 10.0. The lowest BCUT2D eigenvalue weighted by Crippen LogP contribution is -2.35. The molecule has 3 heteroatoms. The van der Waals surface area contributed by atoms with Gasteiger partial charge in [-0.05, 0) is 44.0 Å². The first-order valence-electron chi connectivity index (χ1n) is 6.25. The number of piperidine rings is 1. The number of hydrogen-bond acceptors (Lipinski definition) is 3. The third kappa shape index (κ3) is 3.76. The first-order valence-corrected chi connectivity index (χ1v) is 6.25. The van der Waals surface area contributed by atoms with Crippen LogP contribution in [0.3, 0.4) is 0 Å². The maximum absolute atomic E-state index is 8.78. The van der Waals surface area contributed by atoms with E-state index >= 15 is 0 Å². The predicted molar refractivity (Wildman–Crippen MR) is 66.9 cm³/mol. The van der Waals surface area contributed by atoms with Gasteiger partial charge >= 0.3 is 0 Å². The van der Waals surface area contributed by atoms with E-state index in [0.29, 0.717) is 18.2 Å². The fourth-order valence-electron chi connectivity index (χ4n) is 2.14. The van der Waals surface area contributed by atoms with Crippen LogP contribution in [0.5, 0.6) is 5.75 Å². The van der Waals surface area contributed by atoms with Crippen LogP contribution in [0.15, 0.2) is 24.3 Å². The Morgan fingerprint density at radius 1 is 1.41 bits per heavy atom. The Bertz CT molecular complexity index is 391. The van der Waals surface area contributed by atoms with Crippen molar-refractivity contribution < 1.29 is 4.74 Å². The molecule has 1 aromatic rings. The van der Waals surface area contributed by atoms with Crippen molar-refractivity contribution >= 4 is 0 Å². The third-order valence-corrected chi connectivity index (χ3v) is 3.11. The minimum absolute atomic E-state index is 0.600. The highest BCUT2D eigenvalue weighted by molar-refractivity contribution is 5.36. The zero-order valence-corrected chi connectivity index (χ0v) is 9.98. The molecule has 1 aromatic carbocycles. The van der Waals surface area contributed by atoms with Gasteiger partial charge in [0.05, 0.1) is 18.2 Å². The van der Waals surface area contributed by atoms with Crippen molar-refractivity contribution in [3.8, 4) is 11.8 Å². The van der Waals surface area contributed by atoms with Crippen LogP contribution in [0.4, 0.5) is 0 Å². The molecule has 3 nitrogen and oxygen atoms in total. The van der Waals surface area contributed by atoms with E-state index in [2.05, 4.69) is 11.4 Å².